The molecule has 7 heteroatoms. The summed E-state index contributed by atoms with van der Waals surface area (Å²) in [5, 5.41) is 14.4. The Morgan fingerprint density at radius 1 is 1.40 bits per heavy atom. The molecule has 0 radical (unpaired) electrons. The first-order valence-electron chi connectivity index (χ1n) is 9.15. The number of piperidine rings is 1. The van der Waals surface area contributed by atoms with Crippen molar-refractivity contribution in [2.75, 3.05) is 11.9 Å². The molecular formula is C18H28N6O. The van der Waals surface area contributed by atoms with E-state index >= 15 is 0 Å². The van der Waals surface area contributed by atoms with Crippen molar-refractivity contribution in [3.8, 4) is 0 Å². The van der Waals surface area contributed by atoms with Crippen molar-refractivity contribution in [3.05, 3.63) is 29.8 Å². The van der Waals surface area contributed by atoms with Gasteiger partial charge in [-0.05, 0) is 38.5 Å². The Labute approximate surface area is 148 Å². The van der Waals surface area contributed by atoms with E-state index in [1.165, 1.54) is 0 Å². The number of aryl methyl sites for hydroxylation is 1. The van der Waals surface area contributed by atoms with Crippen molar-refractivity contribution in [1.29, 1.82) is 0 Å². The molecule has 0 saturated carbocycles. The molecule has 1 aliphatic heterocycles. The van der Waals surface area contributed by atoms with E-state index in [9.17, 15) is 4.79 Å². The summed E-state index contributed by atoms with van der Waals surface area (Å²) in [5.41, 5.74) is 2.87. The number of H-pyrrole nitrogens is 1. The molecule has 25 heavy (non-hydrogen) atoms. The minimum absolute atomic E-state index is 0.0580. The molecule has 2 aromatic heterocycles. The minimum atomic E-state index is -0.0580. The predicted molar refractivity (Wildman–Crippen MR) is 97.3 cm³/mol. The van der Waals surface area contributed by atoms with E-state index in [1.54, 1.807) is 6.20 Å². The number of urea groups is 1. The second-order valence-corrected chi connectivity index (χ2v) is 7.22. The predicted octanol–water partition coefficient (Wildman–Crippen LogP) is 3.72. The molecule has 1 atom stereocenters. The third kappa shape index (κ3) is 4.03. The summed E-state index contributed by atoms with van der Waals surface area (Å²) >= 11 is 0. The lowest BCUT2D eigenvalue weighted by atomic mass is 9.98. The molecule has 1 fully saturated rings. The van der Waals surface area contributed by atoms with Crippen molar-refractivity contribution >= 4 is 11.7 Å². The molecule has 0 spiro atoms. The molecular weight excluding hydrogens is 316 g/mol. The number of rotatable bonds is 5. The number of nitrogens with zero attached hydrogens (tertiary/aromatic N) is 4. The quantitative estimate of drug-likeness (QED) is 0.867. The van der Waals surface area contributed by atoms with E-state index in [0.29, 0.717) is 5.92 Å². The number of carbonyl (C=O) groups excluding carboxylic acids is 1. The maximum Gasteiger partial charge on any atom is 0.322 e. The molecule has 3 heterocycles. The van der Waals surface area contributed by atoms with Crippen LogP contribution in [-0.4, -0.2) is 37.5 Å². The fourth-order valence-corrected chi connectivity index (χ4v) is 3.33. The molecule has 0 aliphatic carbocycles. The van der Waals surface area contributed by atoms with Gasteiger partial charge in [0.15, 0.2) is 0 Å². The van der Waals surface area contributed by atoms with Gasteiger partial charge in [-0.25, -0.2) is 4.79 Å². The van der Waals surface area contributed by atoms with Gasteiger partial charge in [0, 0.05) is 24.8 Å². The zero-order valence-corrected chi connectivity index (χ0v) is 15.3. The third-order valence-corrected chi connectivity index (χ3v) is 4.93. The van der Waals surface area contributed by atoms with E-state index in [2.05, 4.69) is 34.5 Å². The molecule has 0 bridgehead atoms. The van der Waals surface area contributed by atoms with Gasteiger partial charge >= 0.3 is 6.03 Å². The van der Waals surface area contributed by atoms with Gasteiger partial charge in [0.25, 0.3) is 0 Å². The van der Waals surface area contributed by atoms with Gasteiger partial charge in [-0.15, -0.1) is 0 Å². The first kappa shape index (κ1) is 17.5. The van der Waals surface area contributed by atoms with Crippen molar-refractivity contribution in [2.45, 2.75) is 59.0 Å². The van der Waals surface area contributed by atoms with Gasteiger partial charge in [0.05, 0.1) is 29.8 Å². The summed E-state index contributed by atoms with van der Waals surface area (Å²) in [6.07, 6.45) is 9.66. The Bertz CT molecular complexity index is 690. The zero-order chi connectivity index (χ0) is 17.8. The van der Waals surface area contributed by atoms with Crippen molar-refractivity contribution in [3.63, 3.8) is 0 Å². The maximum atomic E-state index is 12.8. The summed E-state index contributed by atoms with van der Waals surface area (Å²) in [5.74, 6) is 0.630. The Morgan fingerprint density at radius 3 is 2.96 bits per heavy atom. The number of carbonyl (C=O) groups is 1. The van der Waals surface area contributed by atoms with Crippen LogP contribution in [0.25, 0.3) is 0 Å². The van der Waals surface area contributed by atoms with Gasteiger partial charge < -0.3 is 10.2 Å². The number of nitrogens with one attached hydrogen (secondary N) is 2. The van der Waals surface area contributed by atoms with Gasteiger partial charge in [-0.1, -0.05) is 13.8 Å². The summed E-state index contributed by atoms with van der Waals surface area (Å²) in [6, 6.07) is 0.0289. The summed E-state index contributed by atoms with van der Waals surface area (Å²) in [4.78, 5) is 14.8. The van der Waals surface area contributed by atoms with E-state index in [-0.39, 0.29) is 12.1 Å². The van der Waals surface area contributed by atoms with Crippen LogP contribution in [0.4, 0.5) is 10.5 Å². The number of amides is 2. The molecule has 3 rings (SSSR count). The van der Waals surface area contributed by atoms with E-state index in [0.717, 1.165) is 55.7 Å². The monoisotopic (exact) mass is 344 g/mol. The number of aromatic amines is 1. The highest BCUT2D eigenvalue weighted by Crippen LogP contribution is 2.31. The highest BCUT2D eigenvalue weighted by Gasteiger charge is 2.29. The number of hydrogen-bond donors (Lipinski definition) is 2. The Balaban J connectivity index is 1.68. The SMILES string of the molecule is Cc1c(NC(=O)N2CCCCC2c2cn[nH]c2)cnn1CCC(C)C. The first-order valence-corrected chi connectivity index (χ1v) is 9.15. The van der Waals surface area contributed by atoms with E-state index < -0.39 is 0 Å². The topological polar surface area (TPSA) is 78.8 Å². The highest BCUT2D eigenvalue weighted by atomic mass is 16.2. The molecule has 1 saturated heterocycles. The summed E-state index contributed by atoms with van der Waals surface area (Å²) in [6.45, 7) is 8.05. The van der Waals surface area contributed by atoms with Crippen LogP contribution in [0.5, 0.6) is 0 Å². The number of aromatic nitrogens is 4. The van der Waals surface area contributed by atoms with Crippen LogP contribution in [0.15, 0.2) is 18.6 Å². The van der Waals surface area contributed by atoms with Gasteiger partial charge in [-0.3, -0.25) is 9.78 Å². The smallest absolute Gasteiger partial charge is 0.317 e. The van der Waals surface area contributed by atoms with E-state index in [4.69, 9.17) is 0 Å². The molecule has 0 aromatic carbocycles. The van der Waals surface area contributed by atoms with Crippen LogP contribution in [0.2, 0.25) is 0 Å². The van der Waals surface area contributed by atoms with Gasteiger partial charge in [0.2, 0.25) is 0 Å². The first-order chi connectivity index (χ1) is 12.1. The Hall–Kier alpha value is -2.31. The second-order valence-electron chi connectivity index (χ2n) is 7.22. The Morgan fingerprint density at radius 2 is 2.24 bits per heavy atom. The highest BCUT2D eigenvalue weighted by molar-refractivity contribution is 5.90. The fraction of sp³-hybridized carbons (Fsp3) is 0.611. The van der Waals surface area contributed by atoms with Crippen molar-refractivity contribution in [1.82, 2.24) is 24.9 Å². The second kappa shape index (κ2) is 7.72. The van der Waals surface area contributed by atoms with Crippen LogP contribution < -0.4 is 5.32 Å². The molecule has 7 nitrogen and oxygen atoms in total. The number of anilines is 1. The maximum absolute atomic E-state index is 12.8. The minimum Gasteiger partial charge on any atom is -0.317 e. The zero-order valence-electron chi connectivity index (χ0n) is 15.3. The summed E-state index contributed by atoms with van der Waals surface area (Å²) < 4.78 is 1.97. The lowest BCUT2D eigenvalue weighted by molar-refractivity contribution is 0.163. The largest absolute Gasteiger partial charge is 0.322 e. The van der Waals surface area contributed by atoms with Crippen LogP contribution in [0, 0.1) is 12.8 Å². The van der Waals surface area contributed by atoms with E-state index in [1.807, 2.05) is 28.9 Å². The van der Waals surface area contributed by atoms with Gasteiger partial charge in [-0.2, -0.15) is 10.2 Å². The lowest BCUT2D eigenvalue weighted by Gasteiger charge is -2.35. The molecule has 1 aliphatic rings. The average Bonchev–Trinajstić information content (AvgIpc) is 3.24. The van der Waals surface area contributed by atoms with Crippen LogP contribution >= 0.6 is 0 Å². The van der Waals surface area contributed by atoms with Gasteiger partial charge in [0.1, 0.15) is 0 Å². The standard InChI is InChI=1S/C18H28N6O/c1-13(2)7-9-24-14(3)16(12-21-24)22-18(25)23-8-5-4-6-17(23)15-10-19-20-11-15/h10-13,17H,4-9H2,1-3H3,(H,19,20)(H,22,25). The third-order valence-electron chi connectivity index (χ3n) is 4.93. The molecule has 136 valence electrons. The van der Waals surface area contributed by atoms with Crippen LogP contribution in [-0.2, 0) is 6.54 Å². The van der Waals surface area contributed by atoms with Crippen LogP contribution in [0.3, 0.4) is 0 Å². The fourth-order valence-electron chi connectivity index (χ4n) is 3.33. The number of likely N-dealkylation sites (tertiary alicyclic amines) is 1. The van der Waals surface area contributed by atoms with Crippen molar-refractivity contribution < 1.29 is 4.79 Å². The molecule has 2 N–H and O–H groups in total. The lowest BCUT2D eigenvalue weighted by Crippen LogP contribution is -2.41. The average molecular weight is 344 g/mol. The van der Waals surface area contributed by atoms with Crippen LogP contribution in [0.1, 0.15) is 56.8 Å². The molecule has 2 aromatic rings. The molecule has 2 amide bonds. The summed E-state index contributed by atoms with van der Waals surface area (Å²) in [7, 11) is 0. The van der Waals surface area contributed by atoms with Crippen molar-refractivity contribution in [2.24, 2.45) is 5.92 Å². The number of hydrogen-bond acceptors (Lipinski definition) is 3. The normalized spacial score (nSPS) is 17.9. The molecule has 1 unspecified atom stereocenters. The Kier molecular flexibility index (Phi) is 5.40.